The molecule has 0 unspecified atom stereocenters. The lowest BCUT2D eigenvalue weighted by Crippen LogP contribution is -2.24. The number of hydrogen-bond donors (Lipinski definition) is 1. The van der Waals surface area contributed by atoms with Gasteiger partial charge in [-0.05, 0) is 24.3 Å². The first-order valence-corrected chi connectivity index (χ1v) is 5.95. The van der Waals surface area contributed by atoms with Gasteiger partial charge >= 0.3 is 6.36 Å². The first-order valence-electron chi connectivity index (χ1n) is 4.47. The summed E-state index contributed by atoms with van der Waals surface area (Å²) in [6.45, 7) is -0.427. The molecule has 0 spiro atoms. The van der Waals surface area contributed by atoms with Gasteiger partial charge < -0.3 is 4.74 Å². The summed E-state index contributed by atoms with van der Waals surface area (Å²) in [6, 6.07) is 5.20. The van der Waals surface area contributed by atoms with E-state index in [1.165, 1.54) is 0 Å². The predicted molar refractivity (Wildman–Crippen MR) is 53.9 cm³/mol. The molecule has 18 heavy (non-hydrogen) atoms. The van der Waals surface area contributed by atoms with Gasteiger partial charge in [-0.25, -0.2) is 8.42 Å². The van der Waals surface area contributed by atoms with Gasteiger partial charge in [-0.1, -0.05) is 0 Å². The Kier molecular flexibility index (Phi) is 4.15. The molecule has 0 radical (unpaired) electrons. The lowest BCUT2D eigenvalue weighted by Gasteiger charge is -2.09. The summed E-state index contributed by atoms with van der Waals surface area (Å²) >= 11 is 0. The number of ether oxygens (including phenoxy) is 1. The lowest BCUT2D eigenvalue weighted by molar-refractivity contribution is -0.274. The molecular weight excluding hydrogens is 273 g/mol. The van der Waals surface area contributed by atoms with Crippen molar-refractivity contribution in [1.82, 2.24) is 4.72 Å². The van der Waals surface area contributed by atoms with Crippen LogP contribution in [0.25, 0.3) is 0 Å². The summed E-state index contributed by atoms with van der Waals surface area (Å²) < 4.78 is 64.0. The molecule has 0 fully saturated rings. The van der Waals surface area contributed by atoms with Crippen LogP contribution in [0.2, 0.25) is 0 Å². The smallest absolute Gasteiger partial charge is 0.406 e. The van der Waals surface area contributed by atoms with Gasteiger partial charge in [0, 0.05) is 0 Å². The second-order valence-electron chi connectivity index (χ2n) is 3.00. The van der Waals surface area contributed by atoms with Crippen molar-refractivity contribution < 1.29 is 26.3 Å². The quantitative estimate of drug-likeness (QED) is 0.845. The largest absolute Gasteiger partial charge is 0.573 e. The van der Waals surface area contributed by atoms with Crippen LogP contribution in [0.4, 0.5) is 13.2 Å². The van der Waals surface area contributed by atoms with E-state index < -0.39 is 28.7 Å². The van der Waals surface area contributed by atoms with Crippen LogP contribution in [-0.2, 0) is 10.0 Å². The standard InChI is InChI=1S/C9H7F3N2O3S/c10-9(11,12)17-7-1-3-8(4-2-7)18(15,16)14-6-5-13/h1-4,14H,6H2. The van der Waals surface area contributed by atoms with E-state index in [2.05, 4.69) is 4.74 Å². The summed E-state index contributed by atoms with van der Waals surface area (Å²) in [5.74, 6) is -0.526. The van der Waals surface area contributed by atoms with Gasteiger partial charge in [-0.15, -0.1) is 13.2 Å². The molecule has 5 nitrogen and oxygen atoms in total. The van der Waals surface area contributed by atoms with Crippen LogP contribution in [0.3, 0.4) is 0 Å². The maximum atomic E-state index is 11.9. The second kappa shape index (κ2) is 5.24. The van der Waals surface area contributed by atoms with Crippen LogP contribution in [0, 0.1) is 11.3 Å². The third-order valence-electron chi connectivity index (χ3n) is 1.71. The lowest BCUT2D eigenvalue weighted by atomic mass is 10.3. The molecule has 0 bridgehead atoms. The van der Waals surface area contributed by atoms with Gasteiger partial charge in [0.2, 0.25) is 10.0 Å². The number of alkyl halides is 3. The van der Waals surface area contributed by atoms with Gasteiger partial charge in [0.05, 0.1) is 17.5 Å². The second-order valence-corrected chi connectivity index (χ2v) is 4.77. The number of sulfonamides is 1. The maximum absolute atomic E-state index is 11.9. The number of benzene rings is 1. The van der Waals surface area contributed by atoms with Crippen LogP contribution in [0.1, 0.15) is 0 Å². The number of nitrogens with one attached hydrogen (secondary N) is 1. The number of halogens is 3. The molecule has 0 saturated carbocycles. The van der Waals surface area contributed by atoms with Gasteiger partial charge in [-0.3, -0.25) is 0 Å². The fourth-order valence-corrected chi connectivity index (χ4v) is 1.95. The number of nitriles is 1. The highest BCUT2D eigenvalue weighted by Gasteiger charge is 2.31. The summed E-state index contributed by atoms with van der Waals surface area (Å²) in [4.78, 5) is -0.257. The van der Waals surface area contributed by atoms with Gasteiger partial charge in [0.1, 0.15) is 5.75 Å². The molecule has 0 saturated heterocycles. The van der Waals surface area contributed by atoms with E-state index in [9.17, 15) is 21.6 Å². The Labute approximate surface area is 101 Å². The minimum Gasteiger partial charge on any atom is -0.406 e. The number of nitrogens with zero attached hydrogens (tertiary/aromatic N) is 1. The van der Waals surface area contributed by atoms with E-state index in [0.29, 0.717) is 0 Å². The maximum Gasteiger partial charge on any atom is 0.573 e. The van der Waals surface area contributed by atoms with E-state index in [0.717, 1.165) is 24.3 Å². The van der Waals surface area contributed by atoms with E-state index in [1.807, 2.05) is 4.72 Å². The Balaban J connectivity index is 2.87. The molecule has 0 amide bonds. The van der Waals surface area contributed by atoms with Crippen molar-refractivity contribution in [2.45, 2.75) is 11.3 Å². The zero-order valence-electron chi connectivity index (χ0n) is 8.73. The predicted octanol–water partition coefficient (Wildman–Crippen LogP) is 1.39. The molecule has 1 N–H and O–H groups in total. The highest BCUT2D eigenvalue weighted by Crippen LogP contribution is 2.23. The number of rotatable bonds is 4. The summed E-state index contributed by atoms with van der Waals surface area (Å²) in [5, 5.41) is 8.23. The van der Waals surface area contributed by atoms with Gasteiger partial charge in [-0.2, -0.15) is 9.98 Å². The SMILES string of the molecule is N#CCNS(=O)(=O)c1ccc(OC(F)(F)F)cc1. The van der Waals surface area contributed by atoms with Crippen molar-refractivity contribution >= 4 is 10.0 Å². The van der Waals surface area contributed by atoms with Gasteiger partial charge in [0.15, 0.2) is 0 Å². The van der Waals surface area contributed by atoms with Crippen LogP contribution in [0.5, 0.6) is 5.75 Å². The molecule has 98 valence electrons. The average Bonchev–Trinajstić information content (AvgIpc) is 2.25. The van der Waals surface area contributed by atoms with Crippen molar-refractivity contribution in [3.05, 3.63) is 24.3 Å². The molecule has 0 heterocycles. The number of hydrogen-bond acceptors (Lipinski definition) is 4. The Morgan fingerprint density at radius 2 is 1.83 bits per heavy atom. The van der Waals surface area contributed by atoms with Crippen LogP contribution in [-0.4, -0.2) is 21.3 Å². The topological polar surface area (TPSA) is 79.2 Å². The molecule has 9 heteroatoms. The highest BCUT2D eigenvalue weighted by molar-refractivity contribution is 7.89. The fourth-order valence-electron chi connectivity index (χ4n) is 1.03. The molecule has 0 atom stereocenters. The first-order chi connectivity index (χ1) is 8.24. The monoisotopic (exact) mass is 280 g/mol. The van der Waals surface area contributed by atoms with Crippen LogP contribution in [0.15, 0.2) is 29.2 Å². The molecule has 1 aromatic rings. The average molecular weight is 280 g/mol. The van der Waals surface area contributed by atoms with E-state index in [-0.39, 0.29) is 4.90 Å². The molecular formula is C9H7F3N2O3S. The Morgan fingerprint density at radius 1 is 1.28 bits per heavy atom. The molecule has 1 rings (SSSR count). The van der Waals surface area contributed by atoms with Crippen molar-refractivity contribution in [1.29, 1.82) is 5.26 Å². The van der Waals surface area contributed by atoms with E-state index in [1.54, 1.807) is 6.07 Å². The van der Waals surface area contributed by atoms with Crippen LogP contribution < -0.4 is 9.46 Å². The molecule has 0 aromatic heterocycles. The minimum atomic E-state index is -4.83. The highest BCUT2D eigenvalue weighted by atomic mass is 32.2. The first kappa shape index (κ1) is 14.3. The van der Waals surface area contributed by atoms with Crippen molar-refractivity contribution in [2.75, 3.05) is 6.54 Å². The molecule has 0 aliphatic heterocycles. The van der Waals surface area contributed by atoms with Gasteiger partial charge in [0.25, 0.3) is 0 Å². The zero-order valence-corrected chi connectivity index (χ0v) is 9.55. The molecule has 1 aromatic carbocycles. The van der Waals surface area contributed by atoms with Crippen molar-refractivity contribution in [3.8, 4) is 11.8 Å². The third-order valence-corrected chi connectivity index (χ3v) is 3.13. The Hall–Kier alpha value is -1.79. The fraction of sp³-hybridized carbons (Fsp3) is 0.222. The summed E-state index contributed by atoms with van der Waals surface area (Å²) in [5.41, 5.74) is 0. The summed E-state index contributed by atoms with van der Waals surface area (Å²) in [7, 11) is -3.89. The molecule has 0 aliphatic rings. The zero-order chi connectivity index (χ0) is 13.8. The van der Waals surface area contributed by atoms with Crippen LogP contribution >= 0.6 is 0 Å². The Morgan fingerprint density at radius 3 is 2.28 bits per heavy atom. The van der Waals surface area contributed by atoms with E-state index in [4.69, 9.17) is 5.26 Å². The summed E-state index contributed by atoms with van der Waals surface area (Å²) in [6.07, 6.45) is -4.83. The van der Waals surface area contributed by atoms with Crippen molar-refractivity contribution in [3.63, 3.8) is 0 Å². The Bertz CT molecular complexity index is 546. The normalized spacial score (nSPS) is 11.9. The minimum absolute atomic E-state index is 0.257. The van der Waals surface area contributed by atoms with Crippen molar-refractivity contribution in [2.24, 2.45) is 0 Å². The van der Waals surface area contributed by atoms with E-state index >= 15 is 0 Å². The third kappa shape index (κ3) is 4.23. The molecule has 0 aliphatic carbocycles.